The van der Waals surface area contributed by atoms with Crippen LogP contribution in [0.4, 0.5) is 0 Å². The molecule has 2 aromatic rings. The van der Waals surface area contributed by atoms with Crippen molar-refractivity contribution in [2.24, 2.45) is 0 Å². The molecule has 0 spiro atoms. The van der Waals surface area contributed by atoms with Crippen LogP contribution < -0.4 is 14.8 Å². The number of hydrogen-bond donors (Lipinski definition) is 1. The molecule has 3 heterocycles. The molecule has 0 radical (unpaired) electrons. The van der Waals surface area contributed by atoms with Gasteiger partial charge < -0.3 is 19.5 Å². The lowest BCUT2D eigenvalue weighted by molar-refractivity contribution is -0.122. The Labute approximate surface area is 158 Å². The van der Waals surface area contributed by atoms with Gasteiger partial charge in [-0.3, -0.25) is 14.4 Å². The van der Waals surface area contributed by atoms with Gasteiger partial charge in [-0.05, 0) is 23.8 Å². The van der Waals surface area contributed by atoms with Gasteiger partial charge in [0, 0.05) is 39.5 Å². The summed E-state index contributed by atoms with van der Waals surface area (Å²) in [6, 6.07) is 8.07. The van der Waals surface area contributed by atoms with Crippen LogP contribution in [-0.2, 0) is 22.6 Å². The second-order valence-electron chi connectivity index (χ2n) is 6.83. The second-order valence-corrected chi connectivity index (χ2v) is 6.83. The van der Waals surface area contributed by atoms with Gasteiger partial charge in [-0.1, -0.05) is 6.07 Å². The largest absolute Gasteiger partial charge is 0.454 e. The lowest BCUT2D eigenvalue weighted by atomic mass is 10.1. The fourth-order valence-corrected chi connectivity index (χ4v) is 3.61. The zero-order valence-electron chi connectivity index (χ0n) is 15.4. The number of rotatable bonds is 7. The molecule has 0 aliphatic carbocycles. The first-order valence-electron chi connectivity index (χ1n) is 9.12. The number of ether oxygens (including phenoxy) is 3. The molecule has 144 valence electrons. The third-order valence-corrected chi connectivity index (χ3v) is 4.85. The van der Waals surface area contributed by atoms with Gasteiger partial charge in [0.1, 0.15) is 0 Å². The van der Waals surface area contributed by atoms with Crippen LogP contribution in [0.2, 0.25) is 0 Å². The van der Waals surface area contributed by atoms with Crippen molar-refractivity contribution in [1.29, 1.82) is 0 Å². The van der Waals surface area contributed by atoms with Crippen molar-refractivity contribution in [1.82, 2.24) is 20.0 Å². The Morgan fingerprint density at radius 3 is 3.11 bits per heavy atom. The van der Waals surface area contributed by atoms with E-state index < -0.39 is 0 Å². The smallest absolute Gasteiger partial charge is 0.231 e. The Morgan fingerprint density at radius 1 is 1.33 bits per heavy atom. The molecule has 27 heavy (non-hydrogen) atoms. The fraction of sp³-hybridized carbons (Fsp3) is 0.474. The number of carbonyl (C=O) groups excluding carboxylic acids is 1. The zero-order valence-corrected chi connectivity index (χ0v) is 15.4. The van der Waals surface area contributed by atoms with Gasteiger partial charge >= 0.3 is 0 Å². The number of aromatic nitrogens is 2. The first kappa shape index (κ1) is 17.8. The van der Waals surface area contributed by atoms with Gasteiger partial charge in [0.2, 0.25) is 12.7 Å². The summed E-state index contributed by atoms with van der Waals surface area (Å²) < 4.78 is 17.8. The summed E-state index contributed by atoms with van der Waals surface area (Å²) in [6.07, 6.45) is 2.20. The van der Waals surface area contributed by atoms with Crippen molar-refractivity contribution in [2.45, 2.75) is 25.6 Å². The first-order valence-corrected chi connectivity index (χ1v) is 9.12. The Hall–Kier alpha value is -2.58. The second kappa shape index (κ2) is 7.98. The highest BCUT2D eigenvalue weighted by Gasteiger charge is 2.27. The van der Waals surface area contributed by atoms with Crippen molar-refractivity contribution >= 4 is 5.91 Å². The van der Waals surface area contributed by atoms with Crippen LogP contribution in [0, 0.1) is 0 Å². The molecule has 2 aliphatic rings. The van der Waals surface area contributed by atoms with Crippen LogP contribution in [0.1, 0.15) is 23.7 Å². The molecule has 1 atom stereocenters. The fourth-order valence-electron chi connectivity index (χ4n) is 3.61. The van der Waals surface area contributed by atoms with Crippen molar-refractivity contribution in [3.63, 3.8) is 0 Å². The van der Waals surface area contributed by atoms with Gasteiger partial charge in [0.15, 0.2) is 11.5 Å². The molecule has 0 bridgehead atoms. The van der Waals surface area contributed by atoms with Crippen LogP contribution in [0.25, 0.3) is 0 Å². The molecule has 1 aromatic heterocycles. The van der Waals surface area contributed by atoms with E-state index in [1.807, 2.05) is 22.9 Å². The van der Waals surface area contributed by atoms with E-state index in [4.69, 9.17) is 14.2 Å². The number of benzene rings is 1. The van der Waals surface area contributed by atoms with E-state index in [1.54, 1.807) is 13.3 Å². The molecule has 0 saturated heterocycles. The summed E-state index contributed by atoms with van der Waals surface area (Å²) in [7, 11) is 1.62. The molecule has 0 saturated carbocycles. The van der Waals surface area contributed by atoms with Crippen LogP contribution >= 0.6 is 0 Å². The summed E-state index contributed by atoms with van der Waals surface area (Å²) in [5.74, 6) is 1.60. The first-order chi connectivity index (χ1) is 13.2. The lowest BCUT2D eigenvalue weighted by Crippen LogP contribution is -2.40. The standard InChI is InChI=1S/C19H24N4O4/c1-25-7-6-20-19(24)9-16-12-22(11-15-4-5-21-23(15)16)10-14-2-3-17-18(8-14)27-13-26-17/h2-5,8,16H,6-7,9-13H2,1H3,(H,20,24)/t16-/m1/s1. The lowest BCUT2D eigenvalue weighted by Gasteiger charge is -2.33. The topological polar surface area (TPSA) is 77.8 Å². The summed E-state index contributed by atoms with van der Waals surface area (Å²) in [6.45, 7) is 3.66. The average molecular weight is 372 g/mol. The molecule has 0 unspecified atom stereocenters. The Balaban J connectivity index is 1.42. The maximum Gasteiger partial charge on any atom is 0.231 e. The number of methoxy groups -OCH3 is 1. The maximum atomic E-state index is 12.3. The molecule has 0 fully saturated rings. The normalized spacial score (nSPS) is 18.3. The minimum atomic E-state index is 0.0142. The third kappa shape index (κ3) is 4.06. The Bertz CT molecular complexity index is 807. The minimum absolute atomic E-state index is 0.0142. The number of hydrogen-bond acceptors (Lipinski definition) is 6. The molecule has 8 heteroatoms. The SMILES string of the molecule is COCCNC(=O)C[C@@H]1CN(Cc2ccc3c(c2)OCO3)Cc2ccnn21. The van der Waals surface area contributed by atoms with E-state index in [0.717, 1.165) is 42.4 Å². The van der Waals surface area contributed by atoms with Crippen LogP contribution in [0.3, 0.4) is 0 Å². The predicted molar refractivity (Wildman–Crippen MR) is 97.4 cm³/mol. The van der Waals surface area contributed by atoms with Gasteiger partial charge in [-0.2, -0.15) is 5.10 Å². The van der Waals surface area contributed by atoms with Crippen LogP contribution in [0.5, 0.6) is 11.5 Å². The monoisotopic (exact) mass is 372 g/mol. The molecule has 2 aliphatic heterocycles. The summed E-state index contributed by atoms with van der Waals surface area (Å²) >= 11 is 0. The average Bonchev–Trinajstić information content (AvgIpc) is 3.30. The molecule has 8 nitrogen and oxygen atoms in total. The predicted octanol–water partition coefficient (Wildman–Crippen LogP) is 1.32. The number of nitrogens with zero attached hydrogens (tertiary/aromatic N) is 3. The van der Waals surface area contributed by atoms with Crippen LogP contribution in [0.15, 0.2) is 30.5 Å². The number of fused-ring (bicyclic) bond motifs is 2. The Morgan fingerprint density at radius 2 is 2.22 bits per heavy atom. The quantitative estimate of drug-likeness (QED) is 0.739. The maximum absolute atomic E-state index is 12.3. The highest BCUT2D eigenvalue weighted by atomic mass is 16.7. The zero-order chi connectivity index (χ0) is 18.6. The Kier molecular flexibility index (Phi) is 5.26. The third-order valence-electron chi connectivity index (χ3n) is 4.85. The number of nitrogens with one attached hydrogen (secondary N) is 1. The number of amides is 1. The van der Waals surface area contributed by atoms with Gasteiger partial charge in [-0.25, -0.2) is 0 Å². The molecule has 1 amide bonds. The van der Waals surface area contributed by atoms with Gasteiger partial charge in [0.05, 0.1) is 24.8 Å². The minimum Gasteiger partial charge on any atom is -0.454 e. The molecular formula is C19H24N4O4. The molecular weight excluding hydrogens is 348 g/mol. The highest BCUT2D eigenvalue weighted by molar-refractivity contribution is 5.76. The van der Waals surface area contributed by atoms with E-state index in [1.165, 1.54) is 0 Å². The van der Waals surface area contributed by atoms with E-state index in [0.29, 0.717) is 19.6 Å². The van der Waals surface area contributed by atoms with E-state index >= 15 is 0 Å². The van der Waals surface area contributed by atoms with E-state index in [-0.39, 0.29) is 18.7 Å². The van der Waals surface area contributed by atoms with Crippen molar-refractivity contribution in [3.8, 4) is 11.5 Å². The summed E-state index contributed by atoms with van der Waals surface area (Å²) in [5.41, 5.74) is 2.28. The number of carbonyl (C=O) groups is 1. The molecule has 1 aromatic carbocycles. The van der Waals surface area contributed by atoms with Crippen molar-refractivity contribution in [2.75, 3.05) is 33.6 Å². The summed E-state index contributed by atoms with van der Waals surface area (Å²) in [5, 5.41) is 7.32. The van der Waals surface area contributed by atoms with E-state index in [2.05, 4.69) is 21.4 Å². The highest BCUT2D eigenvalue weighted by Crippen LogP contribution is 2.33. The van der Waals surface area contributed by atoms with Gasteiger partial charge in [0.25, 0.3) is 0 Å². The van der Waals surface area contributed by atoms with Crippen LogP contribution in [-0.4, -0.2) is 54.2 Å². The van der Waals surface area contributed by atoms with Crippen molar-refractivity contribution in [3.05, 3.63) is 41.7 Å². The van der Waals surface area contributed by atoms with E-state index in [9.17, 15) is 4.79 Å². The molecule has 1 N–H and O–H groups in total. The van der Waals surface area contributed by atoms with Gasteiger partial charge in [-0.15, -0.1) is 0 Å². The summed E-state index contributed by atoms with van der Waals surface area (Å²) in [4.78, 5) is 14.6. The van der Waals surface area contributed by atoms with Crippen molar-refractivity contribution < 1.29 is 19.0 Å². The molecule has 4 rings (SSSR count).